The minimum absolute atomic E-state index is 0.167. The Labute approximate surface area is 164 Å². The van der Waals surface area contributed by atoms with E-state index in [1.54, 1.807) is 7.11 Å². The number of aryl methyl sites for hydroxylation is 1. The van der Waals surface area contributed by atoms with Gasteiger partial charge >= 0.3 is 0 Å². The molecule has 0 aliphatic carbocycles. The van der Waals surface area contributed by atoms with Crippen molar-refractivity contribution in [3.05, 3.63) is 29.8 Å². The second-order valence-corrected chi connectivity index (χ2v) is 8.39. The van der Waals surface area contributed by atoms with Crippen LogP contribution in [-0.2, 0) is 11.2 Å². The first-order valence-corrected chi connectivity index (χ1v) is 10.1. The molecule has 152 valence electrons. The van der Waals surface area contributed by atoms with Crippen molar-refractivity contribution >= 4 is 5.96 Å². The first kappa shape index (κ1) is 21.5. The van der Waals surface area contributed by atoms with Crippen LogP contribution in [0.4, 0.5) is 0 Å². The van der Waals surface area contributed by atoms with Gasteiger partial charge in [-0.15, -0.1) is 0 Å². The number of nitrogens with one attached hydrogen (secondary N) is 2. The Balaban J connectivity index is 1.73. The van der Waals surface area contributed by atoms with Gasteiger partial charge in [-0.05, 0) is 48.8 Å². The molecule has 2 N–H and O–H groups in total. The molecule has 0 bridgehead atoms. The lowest BCUT2D eigenvalue weighted by molar-refractivity contribution is -0.0835. The van der Waals surface area contributed by atoms with E-state index < -0.39 is 0 Å². The number of nitrogens with zero attached hydrogens (tertiary/aromatic N) is 1. The first-order valence-electron chi connectivity index (χ1n) is 10.1. The fourth-order valence-electron chi connectivity index (χ4n) is 3.79. The molecular formula is C22H37N3O2. The van der Waals surface area contributed by atoms with Crippen molar-refractivity contribution in [1.82, 2.24) is 10.6 Å². The van der Waals surface area contributed by atoms with E-state index in [4.69, 9.17) is 9.47 Å². The molecule has 2 atom stereocenters. The van der Waals surface area contributed by atoms with Gasteiger partial charge in [-0.3, -0.25) is 4.99 Å². The van der Waals surface area contributed by atoms with Crippen LogP contribution in [0.5, 0.6) is 5.75 Å². The van der Waals surface area contributed by atoms with Gasteiger partial charge in [-0.2, -0.15) is 0 Å². The zero-order valence-electron chi connectivity index (χ0n) is 17.7. The van der Waals surface area contributed by atoms with E-state index in [0.29, 0.717) is 12.0 Å². The lowest BCUT2D eigenvalue weighted by atomic mass is 9.78. The molecule has 0 aromatic heterocycles. The summed E-state index contributed by atoms with van der Waals surface area (Å²) in [5.41, 5.74) is 1.46. The molecule has 5 heteroatoms. The second kappa shape index (κ2) is 10.5. The van der Waals surface area contributed by atoms with E-state index in [2.05, 4.69) is 48.5 Å². The monoisotopic (exact) mass is 375 g/mol. The van der Waals surface area contributed by atoms with Gasteiger partial charge in [-0.1, -0.05) is 32.9 Å². The lowest BCUT2D eigenvalue weighted by Crippen LogP contribution is -2.47. The Morgan fingerprint density at radius 3 is 2.81 bits per heavy atom. The van der Waals surface area contributed by atoms with Crippen LogP contribution in [0.1, 0.15) is 45.6 Å². The highest BCUT2D eigenvalue weighted by Crippen LogP contribution is 2.33. The van der Waals surface area contributed by atoms with Crippen LogP contribution < -0.4 is 15.4 Å². The van der Waals surface area contributed by atoms with Crippen molar-refractivity contribution < 1.29 is 9.47 Å². The molecule has 0 saturated carbocycles. The van der Waals surface area contributed by atoms with E-state index in [1.807, 2.05) is 19.2 Å². The minimum Gasteiger partial charge on any atom is -0.497 e. The zero-order chi connectivity index (χ0) is 19.7. The average Bonchev–Trinajstić information content (AvgIpc) is 2.67. The van der Waals surface area contributed by atoms with Gasteiger partial charge in [0.1, 0.15) is 5.75 Å². The molecule has 0 spiro atoms. The van der Waals surface area contributed by atoms with Gasteiger partial charge in [0.25, 0.3) is 0 Å². The molecule has 27 heavy (non-hydrogen) atoms. The molecule has 1 aliphatic rings. The smallest absolute Gasteiger partial charge is 0.190 e. The van der Waals surface area contributed by atoms with E-state index in [1.165, 1.54) is 12.0 Å². The average molecular weight is 376 g/mol. The van der Waals surface area contributed by atoms with E-state index in [9.17, 15) is 0 Å². The van der Waals surface area contributed by atoms with Gasteiger partial charge in [0.15, 0.2) is 5.96 Å². The van der Waals surface area contributed by atoms with Crippen molar-refractivity contribution in [2.45, 2.75) is 52.6 Å². The highest BCUT2D eigenvalue weighted by molar-refractivity contribution is 5.79. The number of benzene rings is 1. The SMILES string of the molecule is CN=C(NCCCc1cccc(OC)c1)NCC1CCCOC1C(C)(C)C. The summed E-state index contributed by atoms with van der Waals surface area (Å²) >= 11 is 0. The molecule has 1 saturated heterocycles. The summed E-state index contributed by atoms with van der Waals surface area (Å²) in [5, 5.41) is 6.93. The molecule has 0 amide bonds. The summed E-state index contributed by atoms with van der Waals surface area (Å²) in [6.45, 7) is 9.47. The Hall–Kier alpha value is -1.75. The molecule has 0 radical (unpaired) electrons. The van der Waals surface area contributed by atoms with Gasteiger partial charge < -0.3 is 20.1 Å². The maximum atomic E-state index is 6.08. The fourth-order valence-corrected chi connectivity index (χ4v) is 3.79. The maximum Gasteiger partial charge on any atom is 0.190 e. The molecule has 5 nitrogen and oxygen atoms in total. The molecule has 1 heterocycles. The quantitative estimate of drug-likeness (QED) is 0.434. The third-order valence-electron chi connectivity index (χ3n) is 5.12. The fraction of sp³-hybridized carbons (Fsp3) is 0.682. The number of hydrogen-bond acceptors (Lipinski definition) is 3. The Morgan fingerprint density at radius 1 is 1.30 bits per heavy atom. The van der Waals surface area contributed by atoms with Crippen LogP contribution in [0.2, 0.25) is 0 Å². The van der Waals surface area contributed by atoms with E-state index in [-0.39, 0.29) is 5.41 Å². The highest BCUT2D eigenvalue weighted by Gasteiger charge is 2.35. The summed E-state index contributed by atoms with van der Waals surface area (Å²) in [6.07, 6.45) is 4.71. The largest absolute Gasteiger partial charge is 0.497 e. The molecule has 1 aliphatic heterocycles. The lowest BCUT2D eigenvalue weighted by Gasteiger charge is -2.40. The van der Waals surface area contributed by atoms with Crippen LogP contribution in [0.15, 0.2) is 29.3 Å². The first-order chi connectivity index (χ1) is 12.9. The molecule has 1 fully saturated rings. The number of hydrogen-bond donors (Lipinski definition) is 2. The second-order valence-electron chi connectivity index (χ2n) is 8.39. The molecular weight excluding hydrogens is 338 g/mol. The van der Waals surface area contributed by atoms with Crippen LogP contribution in [0.25, 0.3) is 0 Å². The van der Waals surface area contributed by atoms with Crippen LogP contribution in [-0.4, -0.2) is 45.9 Å². The third-order valence-corrected chi connectivity index (χ3v) is 5.12. The number of ether oxygens (including phenoxy) is 2. The standard InChI is InChI=1S/C22H37N3O2/c1-22(2,3)20-18(11-8-14-27-20)16-25-21(23-4)24-13-7-10-17-9-6-12-19(15-17)26-5/h6,9,12,15,18,20H,7-8,10-11,13-14,16H2,1-5H3,(H2,23,24,25). The van der Waals surface area contributed by atoms with Crippen molar-refractivity contribution in [3.63, 3.8) is 0 Å². The highest BCUT2D eigenvalue weighted by atomic mass is 16.5. The molecule has 2 rings (SSSR count). The Bertz CT molecular complexity index is 595. The van der Waals surface area contributed by atoms with Gasteiger partial charge in [0.05, 0.1) is 13.2 Å². The summed E-state index contributed by atoms with van der Waals surface area (Å²) in [5.74, 6) is 2.31. The van der Waals surface area contributed by atoms with Crippen LogP contribution in [0, 0.1) is 11.3 Å². The van der Waals surface area contributed by atoms with Gasteiger partial charge in [0.2, 0.25) is 0 Å². The topological polar surface area (TPSA) is 54.9 Å². The number of guanidine groups is 1. The van der Waals surface area contributed by atoms with Crippen LogP contribution in [0.3, 0.4) is 0 Å². The van der Waals surface area contributed by atoms with Crippen molar-refractivity contribution in [3.8, 4) is 5.75 Å². The predicted octanol–water partition coefficient (Wildman–Crippen LogP) is 3.63. The summed E-state index contributed by atoms with van der Waals surface area (Å²) in [7, 11) is 3.54. The molecule has 1 aromatic carbocycles. The normalized spacial score (nSPS) is 21.0. The third kappa shape index (κ3) is 7.06. The summed E-state index contributed by atoms with van der Waals surface area (Å²) < 4.78 is 11.4. The number of methoxy groups -OCH3 is 1. The van der Waals surface area contributed by atoms with Crippen molar-refractivity contribution in [2.75, 3.05) is 33.9 Å². The van der Waals surface area contributed by atoms with Crippen molar-refractivity contribution in [2.24, 2.45) is 16.3 Å². The maximum absolute atomic E-state index is 6.08. The van der Waals surface area contributed by atoms with E-state index in [0.717, 1.165) is 50.7 Å². The predicted molar refractivity (Wildman–Crippen MR) is 113 cm³/mol. The zero-order valence-corrected chi connectivity index (χ0v) is 17.7. The van der Waals surface area contributed by atoms with Gasteiger partial charge in [0, 0.05) is 32.7 Å². The number of aliphatic imine (C=N–C) groups is 1. The van der Waals surface area contributed by atoms with E-state index >= 15 is 0 Å². The number of rotatable bonds is 7. The molecule has 2 unspecified atom stereocenters. The molecule has 1 aromatic rings. The summed E-state index contributed by atoms with van der Waals surface area (Å²) in [6, 6.07) is 8.27. The van der Waals surface area contributed by atoms with Crippen LogP contribution >= 0.6 is 0 Å². The van der Waals surface area contributed by atoms with Gasteiger partial charge in [-0.25, -0.2) is 0 Å². The summed E-state index contributed by atoms with van der Waals surface area (Å²) in [4.78, 5) is 4.37. The Kier molecular flexibility index (Phi) is 8.42. The van der Waals surface area contributed by atoms with Crippen molar-refractivity contribution in [1.29, 1.82) is 0 Å². The Morgan fingerprint density at radius 2 is 2.11 bits per heavy atom. The minimum atomic E-state index is 0.167.